The second-order valence-corrected chi connectivity index (χ2v) is 10.8. The number of carbonyl (C=O) groups excluding carboxylic acids is 4. The molecule has 2 aromatic heterocycles. The van der Waals surface area contributed by atoms with Crippen LogP contribution in [0.3, 0.4) is 0 Å². The van der Waals surface area contributed by atoms with Crippen molar-refractivity contribution in [2.45, 2.75) is 91.1 Å². The standard InChI is InChI=1S/C28H46N8O4/c1-19(2)25(35-23(37)13-21-15-29-17-33-21)27(39)31-11-9-7-5-6-8-10-12-32-28(40)26(20(3)4)36-24(38)14-22-16-30-18-34-22/h15-20,25-26H,5-14H2,1-4H3,(H,29,33)(H,30,34)(H,31,39)(H,32,40)(H,35,37)(H,36,38)/t25-,26-/m0/s1. The van der Waals surface area contributed by atoms with E-state index in [9.17, 15) is 19.2 Å². The van der Waals surface area contributed by atoms with Crippen molar-refractivity contribution in [2.75, 3.05) is 13.1 Å². The van der Waals surface area contributed by atoms with Crippen molar-refractivity contribution >= 4 is 23.6 Å². The summed E-state index contributed by atoms with van der Waals surface area (Å²) >= 11 is 0. The number of aromatic amines is 2. The molecule has 4 amide bonds. The van der Waals surface area contributed by atoms with Crippen molar-refractivity contribution in [1.29, 1.82) is 0 Å². The van der Waals surface area contributed by atoms with E-state index in [0.29, 0.717) is 24.5 Å². The molecule has 0 spiro atoms. The smallest absolute Gasteiger partial charge is 0.242 e. The molecule has 0 unspecified atom stereocenters. The van der Waals surface area contributed by atoms with E-state index in [1.165, 1.54) is 12.7 Å². The molecule has 2 rings (SSSR count). The van der Waals surface area contributed by atoms with Crippen molar-refractivity contribution in [1.82, 2.24) is 41.2 Å². The summed E-state index contributed by atoms with van der Waals surface area (Å²) in [6.45, 7) is 8.76. The quantitative estimate of drug-likeness (QED) is 0.143. The van der Waals surface area contributed by atoms with Crippen LogP contribution in [-0.2, 0) is 32.0 Å². The molecule has 0 fully saturated rings. The number of amides is 4. The van der Waals surface area contributed by atoms with Gasteiger partial charge in [0, 0.05) is 36.9 Å². The van der Waals surface area contributed by atoms with Gasteiger partial charge in [0.1, 0.15) is 12.1 Å². The summed E-state index contributed by atoms with van der Waals surface area (Å²) in [7, 11) is 0. The highest BCUT2D eigenvalue weighted by atomic mass is 16.2. The van der Waals surface area contributed by atoms with E-state index in [1.807, 2.05) is 27.7 Å². The second kappa shape index (κ2) is 17.8. The van der Waals surface area contributed by atoms with Crippen molar-refractivity contribution in [3.8, 4) is 0 Å². The zero-order chi connectivity index (χ0) is 29.3. The molecular weight excluding hydrogens is 512 g/mol. The lowest BCUT2D eigenvalue weighted by Gasteiger charge is -2.21. The molecule has 0 aromatic carbocycles. The number of carbonyl (C=O) groups is 4. The second-order valence-electron chi connectivity index (χ2n) is 10.8. The predicted octanol–water partition coefficient (Wildman–Crippen LogP) is 1.77. The van der Waals surface area contributed by atoms with E-state index in [-0.39, 0.29) is 48.3 Å². The molecule has 0 saturated carbocycles. The Kier molecular flexibility index (Phi) is 14.5. The average molecular weight is 559 g/mol. The van der Waals surface area contributed by atoms with Crippen LogP contribution in [-0.4, -0.2) is 68.7 Å². The van der Waals surface area contributed by atoms with Gasteiger partial charge in [-0.15, -0.1) is 0 Å². The first-order valence-corrected chi connectivity index (χ1v) is 14.3. The van der Waals surface area contributed by atoms with Crippen LogP contribution < -0.4 is 21.3 Å². The van der Waals surface area contributed by atoms with Crippen LogP contribution in [0.1, 0.15) is 77.6 Å². The SMILES string of the molecule is CC(C)[C@H](NC(=O)Cc1cnc[nH]1)C(=O)NCCCCCCCCNC(=O)[C@@H](NC(=O)Cc1cnc[nH]1)C(C)C. The fourth-order valence-corrected chi connectivity index (χ4v) is 4.23. The average Bonchev–Trinajstić information content (AvgIpc) is 3.60. The summed E-state index contributed by atoms with van der Waals surface area (Å²) in [6, 6.07) is -1.16. The molecule has 2 atom stereocenters. The Morgan fingerprint density at radius 2 is 1.02 bits per heavy atom. The molecule has 0 aliphatic carbocycles. The predicted molar refractivity (Wildman–Crippen MR) is 152 cm³/mol. The number of nitrogens with one attached hydrogen (secondary N) is 6. The fraction of sp³-hybridized carbons (Fsp3) is 0.643. The molecule has 222 valence electrons. The number of H-pyrrole nitrogens is 2. The van der Waals surface area contributed by atoms with Gasteiger partial charge in [-0.1, -0.05) is 53.4 Å². The Balaban J connectivity index is 1.53. The van der Waals surface area contributed by atoms with Gasteiger partial charge in [0.2, 0.25) is 23.6 Å². The summed E-state index contributed by atoms with van der Waals surface area (Å²) in [5.74, 6) is -0.824. The van der Waals surface area contributed by atoms with Crippen LogP contribution in [0.25, 0.3) is 0 Å². The molecule has 0 bridgehead atoms. The maximum atomic E-state index is 12.6. The summed E-state index contributed by atoms with van der Waals surface area (Å²) in [4.78, 5) is 63.3. The normalized spacial score (nSPS) is 12.7. The summed E-state index contributed by atoms with van der Waals surface area (Å²) in [6.07, 6.45) is 12.3. The minimum atomic E-state index is -0.578. The fourth-order valence-electron chi connectivity index (χ4n) is 4.23. The van der Waals surface area contributed by atoms with Gasteiger partial charge in [0.05, 0.1) is 25.5 Å². The van der Waals surface area contributed by atoms with Gasteiger partial charge in [-0.3, -0.25) is 19.2 Å². The molecule has 0 radical (unpaired) electrons. The number of aromatic nitrogens is 4. The van der Waals surface area contributed by atoms with Crippen molar-refractivity contribution < 1.29 is 19.2 Å². The van der Waals surface area contributed by atoms with Gasteiger partial charge in [-0.05, 0) is 24.7 Å². The zero-order valence-corrected chi connectivity index (χ0v) is 24.2. The van der Waals surface area contributed by atoms with E-state index < -0.39 is 12.1 Å². The zero-order valence-electron chi connectivity index (χ0n) is 24.2. The number of unbranched alkanes of at least 4 members (excludes halogenated alkanes) is 5. The topological polar surface area (TPSA) is 174 Å². The summed E-state index contributed by atoms with van der Waals surface area (Å²) in [5.41, 5.74) is 1.40. The van der Waals surface area contributed by atoms with E-state index in [4.69, 9.17) is 0 Å². The van der Waals surface area contributed by atoms with Crippen molar-refractivity contribution in [3.63, 3.8) is 0 Å². The lowest BCUT2D eigenvalue weighted by atomic mass is 10.0. The van der Waals surface area contributed by atoms with Gasteiger partial charge in [0.25, 0.3) is 0 Å². The van der Waals surface area contributed by atoms with Gasteiger partial charge >= 0.3 is 0 Å². The number of hydrogen-bond donors (Lipinski definition) is 6. The van der Waals surface area contributed by atoms with Crippen molar-refractivity contribution in [3.05, 3.63) is 36.4 Å². The largest absolute Gasteiger partial charge is 0.354 e. The highest BCUT2D eigenvalue weighted by Gasteiger charge is 2.25. The van der Waals surface area contributed by atoms with Gasteiger partial charge in [-0.2, -0.15) is 0 Å². The first kappa shape index (κ1) is 32.5. The molecule has 2 aromatic rings. The molecule has 2 heterocycles. The molecule has 0 aliphatic rings. The highest BCUT2D eigenvalue weighted by Crippen LogP contribution is 2.07. The molecule has 6 N–H and O–H groups in total. The van der Waals surface area contributed by atoms with Gasteiger partial charge < -0.3 is 31.2 Å². The van der Waals surface area contributed by atoms with E-state index >= 15 is 0 Å². The van der Waals surface area contributed by atoms with Gasteiger partial charge in [-0.25, -0.2) is 9.97 Å². The van der Waals surface area contributed by atoms with Crippen LogP contribution in [0.5, 0.6) is 0 Å². The summed E-state index contributed by atoms with van der Waals surface area (Å²) < 4.78 is 0. The molecular formula is C28H46N8O4. The summed E-state index contributed by atoms with van der Waals surface area (Å²) in [5, 5.41) is 11.5. The molecule has 12 heteroatoms. The van der Waals surface area contributed by atoms with E-state index in [1.54, 1.807) is 12.4 Å². The highest BCUT2D eigenvalue weighted by molar-refractivity contribution is 5.89. The Morgan fingerprint density at radius 1 is 0.650 bits per heavy atom. The molecule has 12 nitrogen and oxygen atoms in total. The van der Waals surface area contributed by atoms with Crippen LogP contribution in [0.2, 0.25) is 0 Å². The monoisotopic (exact) mass is 558 g/mol. The Labute approximate surface area is 236 Å². The van der Waals surface area contributed by atoms with Crippen LogP contribution in [0.15, 0.2) is 25.0 Å². The number of rotatable bonds is 19. The first-order chi connectivity index (χ1) is 19.2. The lowest BCUT2D eigenvalue weighted by molar-refractivity contribution is -0.129. The first-order valence-electron chi connectivity index (χ1n) is 14.3. The van der Waals surface area contributed by atoms with Crippen LogP contribution in [0, 0.1) is 11.8 Å². The minimum Gasteiger partial charge on any atom is -0.354 e. The van der Waals surface area contributed by atoms with E-state index in [2.05, 4.69) is 41.2 Å². The number of imidazole rings is 2. The minimum absolute atomic E-state index is 0.0275. The molecule has 0 aliphatic heterocycles. The Hall–Kier alpha value is -3.70. The van der Waals surface area contributed by atoms with Gasteiger partial charge in [0.15, 0.2) is 0 Å². The third kappa shape index (κ3) is 12.4. The Bertz CT molecular complexity index is 939. The maximum Gasteiger partial charge on any atom is 0.242 e. The third-order valence-electron chi connectivity index (χ3n) is 6.54. The Morgan fingerprint density at radius 3 is 1.35 bits per heavy atom. The third-order valence-corrected chi connectivity index (χ3v) is 6.54. The lowest BCUT2D eigenvalue weighted by Crippen LogP contribution is -2.50. The maximum absolute atomic E-state index is 12.6. The molecule has 40 heavy (non-hydrogen) atoms. The van der Waals surface area contributed by atoms with Crippen LogP contribution in [0.4, 0.5) is 0 Å². The van der Waals surface area contributed by atoms with Crippen LogP contribution >= 0.6 is 0 Å². The van der Waals surface area contributed by atoms with E-state index in [0.717, 1.165) is 38.5 Å². The number of hydrogen-bond acceptors (Lipinski definition) is 6. The molecule has 0 saturated heterocycles. The van der Waals surface area contributed by atoms with Crippen molar-refractivity contribution in [2.24, 2.45) is 11.8 Å². The number of nitrogens with zero attached hydrogens (tertiary/aromatic N) is 2.